The summed E-state index contributed by atoms with van der Waals surface area (Å²) in [7, 11) is 0. The summed E-state index contributed by atoms with van der Waals surface area (Å²) < 4.78 is 38.4. The van der Waals surface area contributed by atoms with Crippen LogP contribution < -0.4 is 15.4 Å². The summed E-state index contributed by atoms with van der Waals surface area (Å²) in [5, 5.41) is 6.16. The molecule has 0 radical (unpaired) electrons. The van der Waals surface area contributed by atoms with E-state index in [4.69, 9.17) is 9.47 Å². The van der Waals surface area contributed by atoms with E-state index in [1.54, 1.807) is 0 Å². The molecule has 2 aromatic carbocycles. The Hall–Kier alpha value is -1.98. The van der Waals surface area contributed by atoms with Gasteiger partial charge < -0.3 is 20.1 Å². The second-order valence-corrected chi connectivity index (χ2v) is 7.23. The molecule has 2 N–H and O–H groups in total. The minimum absolute atomic E-state index is 0. The van der Waals surface area contributed by atoms with E-state index in [1.807, 2.05) is 31.2 Å². The Bertz CT molecular complexity index is 864. The van der Waals surface area contributed by atoms with Gasteiger partial charge in [0.2, 0.25) is 0 Å². The lowest BCUT2D eigenvalue weighted by Crippen LogP contribution is -2.38. The molecule has 0 atom stereocenters. The predicted octanol–water partition coefficient (Wildman–Crippen LogP) is 3.55. The van der Waals surface area contributed by atoms with Crippen molar-refractivity contribution in [3.05, 3.63) is 65.2 Å². The van der Waals surface area contributed by atoms with Crippen LogP contribution in [0.1, 0.15) is 18.1 Å². The molecule has 32 heavy (non-hydrogen) atoms. The maximum atomic E-state index is 13.8. The van der Waals surface area contributed by atoms with Crippen molar-refractivity contribution < 1.29 is 18.3 Å². The first-order chi connectivity index (χ1) is 15.1. The third-order valence-corrected chi connectivity index (χ3v) is 4.90. The average molecular weight is 560 g/mol. The second kappa shape index (κ2) is 14.2. The number of morpholine rings is 1. The Morgan fingerprint density at radius 3 is 2.72 bits per heavy atom. The van der Waals surface area contributed by atoms with E-state index in [0.29, 0.717) is 25.7 Å². The van der Waals surface area contributed by atoms with E-state index in [2.05, 4.69) is 20.5 Å². The zero-order valence-electron chi connectivity index (χ0n) is 18.3. The van der Waals surface area contributed by atoms with Crippen molar-refractivity contribution in [2.45, 2.75) is 20.0 Å². The SMILES string of the molecule is CCNC(=NCc1cccc(OCCN2CCOCC2)c1)NCc1cc(F)ccc1F.I. The number of halogens is 3. The molecular weight excluding hydrogens is 529 g/mol. The highest BCUT2D eigenvalue weighted by atomic mass is 127. The molecule has 1 aliphatic heterocycles. The molecule has 0 unspecified atom stereocenters. The minimum Gasteiger partial charge on any atom is -0.492 e. The van der Waals surface area contributed by atoms with Crippen LogP contribution in [0.15, 0.2) is 47.5 Å². The van der Waals surface area contributed by atoms with Crippen molar-refractivity contribution in [1.82, 2.24) is 15.5 Å². The number of hydrogen-bond acceptors (Lipinski definition) is 4. The standard InChI is InChI=1S/C23H30F2N4O2.HI/c1-2-26-23(28-17-19-15-20(24)6-7-22(19)25)27-16-18-4-3-5-21(14-18)31-13-10-29-8-11-30-12-9-29;/h3-7,14-15H,2,8-13,16-17H2,1H3,(H2,26,27,28);1H. The maximum absolute atomic E-state index is 13.8. The Balaban J connectivity index is 0.00000363. The number of nitrogens with zero attached hydrogens (tertiary/aromatic N) is 2. The van der Waals surface area contributed by atoms with Gasteiger partial charge in [-0.15, -0.1) is 24.0 Å². The third kappa shape index (κ3) is 8.87. The lowest BCUT2D eigenvalue weighted by Gasteiger charge is -2.26. The summed E-state index contributed by atoms with van der Waals surface area (Å²) in [5.41, 5.74) is 1.25. The van der Waals surface area contributed by atoms with Gasteiger partial charge in [0.05, 0.1) is 19.8 Å². The molecule has 9 heteroatoms. The van der Waals surface area contributed by atoms with Crippen molar-refractivity contribution in [2.24, 2.45) is 4.99 Å². The van der Waals surface area contributed by atoms with Crippen LogP contribution in [0.4, 0.5) is 8.78 Å². The lowest BCUT2D eigenvalue weighted by atomic mass is 10.2. The van der Waals surface area contributed by atoms with Gasteiger partial charge in [0, 0.05) is 38.3 Å². The molecule has 2 aromatic rings. The zero-order chi connectivity index (χ0) is 21.9. The molecule has 0 aliphatic carbocycles. The van der Waals surface area contributed by atoms with Crippen LogP contribution in [0.2, 0.25) is 0 Å². The molecule has 1 heterocycles. The monoisotopic (exact) mass is 560 g/mol. The molecule has 1 aliphatic rings. The average Bonchev–Trinajstić information content (AvgIpc) is 2.79. The van der Waals surface area contributed by atoms with Gasteiger partial charge in [-0.2, -0.15) is 0 Å². The van der Waals surface area contributed by atoms with Crippen molar-refractivity contribution in [1.29, 1.82) is 0 Å². The first-order valence-electron chi connectivity index (χ1n) is 10.6. The first-order valence-corrected chi connectivity index (χ1v) is 10.6. The summed E-state index contributed by atoms with van der Waals surface area (Å²) in [4.78, 5) is 6.87. The molecule has 176 valence electrons. The highest BCUT2D eigenvalue weighted by Crippen LogP contribution is 2.14. The maximum Gasteiger partial charge on any atom is 0.191 e. The van der Waals surface area contributed by atoms with Gasteiger partial charge in [-0.1, -0.05) is 12.1 Å². The highest BCUT2D eigenvalue weighted by Gasteiger charge is 2.10. The number of benzene rings is 2. The van der Waals surface area contributed by atoms with Gasteiger partial charge in [0.25, 0.3) is 0 Å². The van der Waals surface area contributed by atoms with Crippen LogP contribution in [0.25, 0.3) is 0 Å². The van der Waals surface area contributed by atoms with Crippen molar-refractivity contribution in [2.75, 3.05) is 46.0 Å². The van der Waals surface area contributed by atoms with Gasteiger partial charge in [-0.25, -0.2) is 13.8 Å². The fourth-order valence-corrected chi connectivity index (χ4v) is 3.22. The summed E-state index contributed by atoms with van der Waals surface area (Å²) in [5.74, 6) is 0.419. The van der Waals surface area contributed by atoms with Crippen molar-refractivity contribution in [3.8, 4) is 5.75 Å². The fourth-order valence-electron chi connectivity index (χ4n) is 3.22. The molecule has 1 saturated heterocycles. The van der Waals surface area contributed by atoms with E-state index < -0.39 is 11.6 Å². The Labute approximate surface area is 205 Å². The Morgan fingerprint density at radius 2 is 1.94 bits per heavy atom. The van der Waals surface area contributed by atoms with Crippen LogP contribution in [0, 0.1) is 11.6 Å². The topological polar surface area (TPSA) is 58.1 Å². The summed E-state index contributed by atoms with van der Waals surface area (Å²) in [6, 6.07) is 11.2. The van der Waals surface area contributed by atoms with Gasteiger partial charge in [0.1, 0.15) is 24.0 Å². The smallest absolute Gasteiger partial charge is 0.191 e. The summed E-state index contributed by atoms with van der Waals surface area (Å²) >= 11 is 0. The van der Waals surface area contributed by atoms with Crippen LogP contribution in [-0.4, -0.2) is 56.9 Å². The van der Waals surface area contributed by atoms with Crippen LogP contribution in [0.3, 0.4) is 0 Å². The van der Waals surface area contributed by atoms with Gasteiger partial charge in [-0.05, 0) is 42.8 Å². The number of hydrogen-bond donors (Lipinski definition) is 2. The zero-order valence-corrected chi connectivity index (χ0v) is 20.6. The van der Waals surface area contributed by atoms with E-state index in [9.17, 15) is 8.78 Å². The molecule has 0 bridgehead atoms. The minimum atomic E-state index is -0.467. The highest BCUT2D eigenvalue weighted by molar-refractivity contribution is 14.0. The molecular formula is C23H31F2IN4O2. The summed E-state index contributed by atoms with van der Waals surface area (Å²) in [6.07, 6.45) is 0. The van der Waals surface area contributed by atoms with E-state index in [0.717, 1.165) is 56.3 Å². The molecule has 6 nitrogen and oxygen atoms in total. The molecule has 0 amide bonds. The fraction of sp³-hybridized carbons (Fsp3) is 0.435. The molecule has 0 saturated carbocycles. The van der Waals surface area contributed by atoms with Gasteiger partial charge >= 0.3 is 0 Å². The Morgan fingerprint density at radius 1 is 1.12 bits per heavy atom. The van der Waals surface area contributed by atoms with E-state index >= 15 is 0 Å². The molecule has 3 rings (SSSR count). The number of ether oxygens (including phenoxy) is 2. The summed E-state index contributed by atoms with van der Waals surface area (Å²) in [6.45, 7) is 8.11. The number of guanidine groups is 1. The number of rotatable bonds is 9. The number of nitrogens with one attached hydrogen (secondary N) is 2. The van der Waals surface area contributed by atoms with E-state index in [1.165, 1.54) is 6.07 Å². The second-order valence-electron chi connectivity index (χ2n) is 7.23. The Kier molecular flexibility index (Phi) is 11.7. The predicted molar refractivity (Wildman–Crippen MR) is 133 cm³/mol. The van der Waals surface area contributed by atoms with Crippen LogP contribution in [0.5, 0.6) is 5.75 Å². The molecule has 0 aromatic heterocycles. The van der Waals surface area contributed by atoms with Crippen molar-refractivity contribution in [3.63, 3.8) is 0 Å². The van der Waals surface area contributed by atoms with Gasteiger partial charge in [0.15, 0.2) is 5.96 Å². The quantitative estimate of drug-likeness (QED) is 0.279. The molecule has 0 spiro atoms. The number of aliphatic imine (C=N–C) groups is 1. The third-order valence-electron chi connectivity index (χ3n) is 4.90. The van der Waals surface area contributed by atoms with E-state index in [-0.39, 0.29) is 36.1 Å². The van der Waals surface area contributed by atoms with Crippen LogP contribution in [-0.2, 0) is 17.8 Å². The lowest BCUT2D eigenvalue weighted by molar-refractivity contribution is 0.0322. The first kappa shape index (κ1) is 26.3. The molecule has 1 fully saturated rings. The largest absolute Gasteiger partial charge is 0.492 e. The van der Waals surface area contributed by atoms with Crippen LogP contribution >= 0.6 is 24.0 Å². The van der Waals surface area contributed by atoms with Gasteiger partial charge in [-0.3, -0.25) is 4.90 Å². The van der Waals surface area contributed by atoms with Crippen molar-refractivity contribution >= 4 is 29.9 Å². The normalized spacial score (nSPS) is 14.5.